The Morgan fingerprint density at radius 3 is 2.52 bits per heavy atom. The number of urea groups is 1. The van der Waals surface area contributed by atoms with Crippen molar-refractivity contribution in [1.82, 2.24) is 15.3 Å². The molecule has 3 fully saturated rings. The van der Waals surface area contributed by atoms with Gasteiger partial charge in [0.05, 0.1) is 12.1 Å². The second-order valence-electron chi connectivity index (χ2n) is 6.75. The van der Waals surface area contributed by atoms with Gasteiger partial charge in [-0.05, 0) is 25.7 Å². The van der Waals surface area contributed by atoms with Gasteiger partial charge in [0.25, 0.3) is 0 Å². The van der Waals surface area contributed by atoms with Crippen LogP contribution in [0.2, 0.25) is 0 Å². The van der Waals surface area contributed by atoms with E-state index in [-0.39, 0.29) is 24.2 Å². The van der Waals surface area contributed by atoms with Gasteiger partial charge in [-0.2, -0.15) is 13.5 Å². The van der Waals surface area contributed by atoms with Gasteiger partial charge in [-0.3, -0.25) is 14.8 Å². The van der Waals surface area contributed by atoms with Crippen LogP contribution in [0.4, 0.5) is 4.79 Å². The minimum absolute atomic E-state index is 0.0592. The van der Waals surface area contributed by atoms with Gasteiger partial charge in [0.2, 0.25) is 5.91 Å². The van der Waals surface area contributed by atoms with E-state index in [9.17, 15) is 18.0 Å². The van der Waals surface area contributed by atoms with E-state index in [0.717, 1.165) is 32.1 Å². The summed E-state index contributed by atoms with van der Waals surface area (Å²) in [6.07, 6.45) is 5.56. The Labute approximate surface area is 145 Å². The van der Waals surface area contributed by atoms with E-state index < -0.39 is 28.5 Å². The number of nitrogens with one attached hydrogen (secondary N) is 2. The van der Waals surface area contributed by atoms with Gasteiger partial charge in [-0.15, -0.1) is 4.28 Å². The number of fused-ring (bicyclic) bond motifs is 2. The molecule has 25 heavy (non-hydrogen) atoms. The van der Waals surface area contributed by atoms with Crippen molar-refractivity contribution in [1.29, 1.82) is 5.41 Å². The van der Waals surface area contributed by atoms with Crippen molar-refractivity contribution in [2.45, 2.75) is 57.0 Å². The van der Waals surface area contributed by atoms with Crippen LogP contribution in [-0.4, -0.2) is 59.3 Å². The van der Waals surface area contributed by atoms with Crippen molar-refractivity contribution in [2.24, 2.45) is 5.92 Å². The zero-order valence-corrected chi connectivity index (χ0v) is 14.5. The first kappa shape index (κ1) is 18.1. The van der Waals surface area contributed by atoms with Crippen molar-refractivity contribution in [3.8, 4) is 0 Å². The van der Waals surface area contributed by atoms with Crippen molar-refractivity contribution in [3.63, 3.8) is 0 Å². The summed E-state index contributed by atoms with van der Waals surface area (Å²) in [6.45, 7) is 0.181. The number of hydrogen-bond acceptors (Lipinski definition) is 6. The van der Waals surface area contributed by atoms with Crippen molar-refractivity contribution in [3.05, 3.63) is 0 Å². The lowest BCUT2D eigenvalue weighted by Gasteiger charge is -2.31. The molecule has 10 nitrogen and oxygen atoms in total. The molecule has 2 bridgehead atoms. The highest BCUT2D eigenvalue weighted by molar-refractivity contribution is 7.80. The summed E-state index contributed by atoms with van der Waals surface area (Å²) in [5, 5.41) is 11.4. The van der Waals surface area contributed by atoms with E-state index >= 15 is 0 Å². The minimum atomic E-state index is -4.80. The third-order valence-electron chi connectivity index (χ3n) is 5.06. The molecule has 2 atom stereocenters. The molecule has 0 aromatic carbocycles. The van der Waals surface area contributed by atoms with Gasteiger partial charge < -0.3 is 10.2 Å². The Balaban J connectivity index is 1.63. The van der Waals surface area contributed by atoms with Crippen LogP contribution in [0.1, 0.15) is 44.9 Å². The molecule has 3 N–H and O–H groups in total. The van der Waals surface area contributed by atoms with E-state index in [1.165, 1.54) is 4.90 Å². The van der Waals surface area contributed by atoms with Crippen molar-refractivity contribution < 1.29 is 26.8 Å². The topological polar surface area (TPSA) is 140 Å². The SMILES string of the molecule is N=C(NC(=O)C1CCCCC1)C1CCC2CN1C(=O)N2OS(=O)(=O)O. The highest BCUT2D eigenvalue weighted by atomic mass is 32.3. The number of carbonyl (C=O) groups excluding carboxylic acids is 2. The largest absolute Gasteiger partial charge is 0.418 e. The molecule has 3 aliphatic rings. The predicted octanol–water partition coefficient (Wildman–Crippen LogP) is 0.663. The van der Waals surface area contributed by atoms with Gasteiger partial charge in [-0.1, -0.05) is 19.3 Å². The van der Waals surface area contributed by atoms with Crippen LogP contribution in [0.5, 0.6) is 0 Å². The summed E-state index contributed by atoms with van der Waals surface area (Å²) in [5.74, 6) is -0.348. The summed E-state index contributed by atoms with van der Waals surface area (Å²) in [6, 6.07) is -1.87. The maximum atomic E-state index is 12.3. The number of hydrogen-bond donors (Lipinski definition) is 3. The Morgan fingerprint density at radius 1 is 1.20 bits per heavy atom. The maximum absolute atomic E-state index is 12.3. The standard InChI is InChI=1S/C14H22N4O6S/c15-12(16-13(19)9-4-2-1-3-5-9)11-7-6-10-8-17(11)14(20)18(10)24-25(21,22)23/h9-11H,1-8H2,(H2,15,16,19)(H,21,22,23). The van der Waals surface area contributed by atoms with Crippen molar-refractivity contribution >= 4 is 28.2 Å². The molecule has 0 aromatic heterocycles. The van der Waals surface area contributed by atoms with E-state index in [1.54, 1.807) is 0 Å². The molecule has 1 saturated carbocycles. The Bertz CT molecular complexity index is 675. The van der Waals surface area contributed by atoms with Crippen LogP contribution in [0.25, 0.3) is 0 Å². The molecule has 2 unspecified atom stereocenters. The highest BCUT2D eigenvalue weighted by Gasteiger charge is 2.48. The number of amidine groups is 1. The number of amides is 3. The molecular weight excluding hydrogens is 352 g/mol. The Hall–Kier alpha value is -1.72. The van der Waals surface area contributed by atoms with Gasteiger partial charge in [0.1, 0.15) is 5.84 Å². The summed E-state index contributed by atoms with van der Waals surface area (Å²) in [7, 11) is -4.80. The number of rotatable bonds is 4. The molecule has 3 rings (SSSR count). The van der Waals surface area contributed by atoms with Crippen LogP contribution in [0.15, 0.2) is 0 Å². The minimum Gasteiger partial charge on any atom is -0.313 e. The molecule has 0 aromatic rings. The first-order valence-electron chi connectivity index (χ1n) is 8.42. The molecular formula is C14H22N4O6S. The summed E-state index contributed by atoms with van der Waals surface area (Å²) < 4.78 is 34.9. The van der Waals surface area contributed by atoms with Crippen LogP contribution in [0, 0.1) is 11.3 Å². The third-order valence-corrected chi connectivity index (χ3v) is 5.41. The fourth-order valence-corrected chi connectivity index (χ4v) is 4.20. The van der Waals surface area contributed by atoms with E-state index in [1.807, 2.05) is 0 Å². The maximum Gasteiger partial charge on any atom is 0.418 e. The summed E-state index contributed by atoms with van der Waals surface area (Å²) in [4.78, 5) is 25.9. The first-order valence-corrected chi connectivity index (χ1v) is 9.79. The number of nitrogens with zero attached hydrogens (tertiary/aromatic N) is 2. The summed E-state index contributed by atoms with van der Waals surface area (Å²) in [5.41, 5.74) is 0. The van der Waals surface area contributed by atoms with E-state index in [0.29, 0.717) is 17.9 Å². The third kappa shape index (κ3) is 3.93. The van der Waals surface area contributed by atoms with Crippen LogP contribution >= 0.6 is 0 Å². The molecule has 2 heterocycles. The van der Waals surface area contributed by atoms with Crippen LogP contribution < -0.4 is 5.32 Å². The molecule has 3 amide bonds. The Kier molecular flexibility index (Phi) is 4.98. The number of hydroxylamine groups is 2. The lowest BCUT2D eigenvalue weighted by molar-refractivity contribution is -0.124. The molecule has 0 spiro atoms. The second-order valence-corrected chi connectivity index (χ2v) is 7.75. The molecule has 0 radical (unpaired) electrons. The average molecular weight is 374 g/mol. The first-order chi connectivity index (χ1) is 11.8. The smallest absolute Gasteiger partial charge is 0.313 e. The molecule has 1 aliphatic carbocycles. The Morgan fingerprint density at radius 2 is 1.88 bits per heavy atom. The van der Waals surface area contributed by atoms with Crippen molar-refractivity contribution in [2.75, 3.05) is 6.54 Å². The molecule has 140 valence electrons. The lowest BCUT2D eigenvalue weighted by Crippen LogP contribution is -2.51. The fourth-order valence-electron chi connectivity index (χ4n) is 3.81. The van der Waals surface area contributed by atoms with Gasteiger partial charge in [0.15, 0.2) is 0 Å². The monoisotopic (exact) mass is 374 g/mol. The average Bonchev–Trinajstić information content (AvgIpc) is 2.79. The van der Waals surface area contributed by atoms with E-state index in [4.69, 9.17) is 9.96 Å². The molecule has 2 saturated heterocycles. The predicted molar refractivity (Wildman–Crippen MR) is 85.8 cm³/mol. The molecule has 11 heteroatoms. The second kappa shape index (κ2) is 6.89. The number of carbonyl (C=O) groups is 2. The normalized spacial score (nSPS) is 27.5. The zero-order valence-electron chi connectivity index (χ0n) is 13.7. The molecule has 2 aliphatic heterocycles. The summed E-state index contributed by atoms with van der Waals surface area (Å²) >= 11 is 0. The quantitative estimate of drug-likeness (QED) is 0.375. The van der Waals surface area contributed by atoms with Gasteiger partial charge in [0, 0.05) is 12.5 Å². The lowest BCUT2D eigenvalue weighted by atomic mass is 9.88. The zero-order chi connectivity index (χ0) is 18.2. The number of piperidine rings is 1. The van der Waals surface area contributed by atoms with Gasteiger partial charge >= 0.3 is 16.4 Å². The van der Waals surface area contributed by atoms with E-state index in [2.05, 4.69) is 9.60 Å². The van der Waals surface area contributed by atoms with Crippen LogP contribution in [0.3, 0.4) is 0 Å². The van der Waals surface area contributed by atoms with Gasteiger partial charge in [-0.25, -0.2) is 4.79 Å². The fraction of sp³-hybridized carbons (Fsp3) is 0.786. The highest BCUT2D eigenvalue weighted by Crippen LogP contribution is 2.31. The van der Waals surface area contributed by atoms with Crippen LogP contribution in [-0.2, 0) is 19.5 Å².